The summed E-state index contributed by atoms with van der Waals surface area (Å²) in [6.07, 6.45) is 0. The normalized spacial score (nSPS) is 10.2. The van der Waals surface area contributed by atoms with Gasteiger partial charge in [-0.2, -0.15) is 0 Å². The predicted molar refractivity (Wildman–Crippen MR) is 80.6 cm³/mol. The van der Waals surface area contributed by atoms with E-state index in [1.165, 1.54) is 5.56 Å². The molecule has 0 unspecified atom stereocenters. The van der Waals surface area contributed by atoms with Gasteiger partial charge in [0.2, 0.25) is 0 Å². The number of anilines is 2. The van der Waals surface area contributed by atoms with Gasteiger partial charge in [0.05, 0.1) is 6.61 Å². The van der Waals surface area contributed by atoms with E-state index in [9.17, 15) is 0 Å². The van der Waals surface area contributed by atoms with Crippen molar-refractivity contribution in [3.63, 3.8) is 0 Å². The summed E-state index contributed by atoms with van der Waals surface area (Å²) in [5, 5.41) is 0. The molecule has 2 rings (SSSR count). The molecule has 0 aliphatic rings. The fraction of sp³-hybridized carbons (Fsp3) is 0.250. The van der Waals surface area contributed by atoms with Crippen LogP contribution in [0.2, 0.25) is 0 Å². The minimum absolute atomic E-state index is 0.644. The van der Waals surface area contributed by atoms with Crippen LogP contribution >= 0.6 is 0 Å². The summed E-state index contributed by atoms with van der Waals surface area (Å²) >= 11 is 0. The molecule has 19 heavy (non-hydrogen) atoms. The van der Waals surface area contributed by atoms with Crippen molar-refractivity contribution < 1.29 is 4.74 Å². The summed E-state index contributed by atoms with van der Waals surface area (Å²) < 4.78 is 5.52. The monoisotopic (exact) mass is 256 g/mol. The van der Waals surface area contributed by atoms with E-state index in [4.69, 9.17) is 10.5 Å². The van der Waals surface area contributed by atoms with Crippen LogP contribution in [0.4, 0.5) is 11.4 Å². The number of nitrogens with zero attached hydrogens (tertiary/aromatic N) is 1. The minimum Gasteiger partial charge on any atom is -0.494 e. The molecule has 0 atom stereocenters. The van der Waals surface area contributed by atoms with E-state index in [0.717, 1.165) is 23.7 Å². The fourth-order valence-corrected chi connectivity index (χ4v) is 2.02. The number of hydrogen-bond acceptors (Lipinski definition) is 3. The molecular weight excluding hydrogens is 236 g/mol. The number of ether oxygens (including phenoxy) is 1. The highest BCUT2D eigenvalue weighted by molar-refractivity contribution is 5.60. The number of nitrogens with two attached hydrogens (primary N) is 1. The summed E-state index contributed by atoms with van der Waals surface area (Å²) in [5.74, 6) is 0.817. The second-order valence-corrected chi connectivity index (χ2v) is 4.53. The molecule has 0 saturated heterocycles. The third kappa shape index (κ3) is 3.65. The molecular formula is C16H20N2O. The molecule has 0 aromatic heterocycles. The molecule has 0 aliphatic heterocycles. The lowest BCUT2D eigenvalue weighted by molar-refractivity contribution is 0.340. The molecule has 0 aliphatic carbocycles. The first-order valence-corrected chi connectivity index (χ1v) is 6.47. The van der Waals surface area contributed by atoms with Crippen LogP contribution in [0.1, 0.15) is 12.5 Å². The van der Waals surface area contributed by atoms with Gasteiger partial charge in [0.15, 0.2) is 0 Å². The highest BCUT2D eigenvalue weighted by Gasteiger charge is 2.05. The Hall–Kier alpha value is -2.16. The van der Waals surface area contributed by atoms with Crippen molar-refractivity contribution in [2.24, 2.45) is 0 Å². The predicted octanol–water partition coefficient (Wildman–Crippen LogP) is 3.30. The zero-order valence-corrected chi connectivity index (χ0v) is 11.5. The minimum atomic E-state index is 0.644. The van der Waals surface area contributed by atoms with E-state index >= 15 is 0 Å². The number of rotatable bonds is 5. The average Bonchev–Trinajstić information content (AvgIpc) is 2.39. The van der Waals surface area contributed by atoms with Gasteiger partial charge in [-0.1, -0.05) is 30.3 Å². The van der Waals surface area contributed by atoms with Crippen molar-refractivity contribution in [3.05, 3.63) is 54.1 Å². The van der Waals surface area contributed by atoms with Crippen LogP contribution in [0, 0.1) is 0 Å². The van der Waals surface area contributed by atoms with Gasteiger partial charge in [-0.05, 0) is 18.6 Å². The van der Waals surface area contributed by atoms with E-state index < -0.39 is 0 Å². The summed E-state index contributed by atoms with van der Waals surface area (Å²) in [6.45, 7) is 3.46. The first kappa shape index (κ1) is 13.3. The third-order valence-corrected chi connectivity index (χ3v) is 2.93. The lowest BCUT2D eigenvalue weighted by Gasteiger charge is -2.20. The van der Waals surface area contributed by atoms with Gasteiger partial charge >= 0.3 is 0 Å². The van der Waals surface area contributed by atoms with Gasteiger partial charge in [-0.15, -0.1) is 0 Å². The van der Waals surface area contributed by atoms with Gasteiger partial charge in [0, 0.05) is 37.1 Å². The topological polar surface area (TPSA) is 38.5 Å². The molecule has 3 heteroatoms. The molecule has 3 nitrogen and oxygen atoms in total. The largest absolute Gasteiger partial charge is 0.494 e. The Morgan fingerprint density at radius 2 is 1.84 bits per heavy atom. The molecule has 0 fully saturated rings. The zero-order valence-electron chi connectivity index (χ0n) is 11.5. The molecule has 0 bridgehead atoms. The maximum Gasteiger partial charge on any atom is 0.123 e. The smallest absolute Gasteiger partial charge is 0.123 e. The van der Waals surface area contributed by atoms with Gasteiger partial charge in [-0.3, -0.25) is 0 Å². The van der Waals surface area contributed by atoms with Crippen molar-refractivity contribution in [1.82, 2.24) is 0 Å². The fourth-order valence-electron chi connectivity index (χ4n) is 2.02. The van der Waals surface area contributed by atoms with Crippen LogP contribution in [0.15, 0.2) is 48.5 Å². The standard InChI is InChI=1S/C16H20N2O/c1-3-19-16-10-14(17)9-15(11-16)18(2)12-13-7-5-4-6-8-13/h4-11H,3,12,17H2,1-2H3. The molecule has 2 N–H and O–H groups in total. The van der Waals surface area contributed by atoms with Crippen LogP contribution in [0.25, 0.3) is 0 Å². The molecule has 100 valence electrons. The third-order valence-electron chi connectivity index (χ3n) is 2.93. The van der Waals surface area contributed by atoms with Gasteiger partial charge < -0.3 is 15.4 Å². The van der Waals surface area contributed by atoms with Crippen LogP contribution < -0.4 is 15.4 Å². The molecule has 0 amide bonds. The van der Waals surface area contributed by atoms with Crippen molar-refractivity contribution in [3.8, 4) is 5.75 Å². The van der Waals surface area contributed by atoms with Crippen LogP contribution in [-0.2, 0) is 6.54 Å². The Balaban J connectivity index is 2.16. The van der Waals surface area contributed by atoms with Crippen molar-refractivity contribution in [1.29, 1.82) is 0 Å². The number of hydrogen-bond donors (Lipinski definition) is 1. The van der Waals surface area contributed by atoms with Crippen LogP contribution in [-0.4, -0.2) is 13.7 Å². The van der Waals surface area contributed by atoms with E-state index in [0.29, 0.717) is 6.61 Å². The Kier molecular flexibility index (Phi) is 4.29. The maximum atomic E-state index is 5.91. The Morgan fingerprint density at radius 3 is 2.53 bits per heavy atom. The second-order valence-electron chi connectivity index (χ2n) is 4.53. The number of nitrogen functional groups attached to an aromatic ring is 1. The van der Waals surface area contributed by atoms with Gasteiger partial charge in [0.25, 0.3) is 0 Å². The van der Waals surface area contributed by atoms with Gasteiger partial charge in [0.1, 0.15) is 5.75 Å². The van der Waals surface area contributed by atoms with E-state index in [1.54, 1.807) is 0 Å². The zero-order chi connectivity index (χ0) is 13.7. The average molecular weight is 256 g/mol. The molecule has 0 heterocycles. The highest BCUT2D eigenvalue weighted by Crippen LogP contribution is 2.25. The summed E-state index contributed by atoms with van der Waals surface area (Å²) in [7, 11) is 2.05. The van der Waals surface area contributed by atoms with Gasteiger partial charge in [-0.25, -0.2) is 0 Å². The Bertz CT molecular complexity index is 526. The van der Waals surface area contributed by atoms with Crippen molar-refractivity contribution in [2.45, 2.75) is 13.5 Å². The van der Waals surface area contributed by atoms with Crippen LogP contribution in [0.5, 0.6) is 5.75 Å². The molecule has 2 aromatic carbocycles. The Morgan fingerprint density at radius 1 is 1.11 bits per heavy atom. The van der Waals surface area contributed by atoms with E-state index in [-0.39, 0.29) is 0 Å². The van der Waals surface area contributed by atoms with Crippen molar-refractivity contribution >= 4 is 11.4 Å². The highest BCUT2D eigenvalue weighted by atomic mass is 16.5. The maximum absolute atomic E-state index is 5.91. The van der Waals surface area contributed by atoms with E-state index in [1.807, 2.05) is 43.3 Å². The van der Waals surface area contributed by atoms with Crippen LogP contribution in [0.3, 0.4) is 0 Å². The summed E-state index contributed by atoms with van der Waals surface area (Å²) in [5.41, 5.74) is 8.97. The van der Waals surface area contributed by atoms with Crippen molar-refractivity contribution in [2.75, 3.05) is 24.3 Å². The molecule has 2 aromatic rings. The summed E-state index contributed by atoms with van der Waals surface area (Å²) in [4.78, 5) is 2.16. The quantitative estimate of drug-likeness (QED) is 0.834. The lowest BCUT2D eigenvalue weighted by Crippen LogP contribution is -2.16. The molecule has 0 radical (unpaired) electrons. The first-order chi connectivity index (χ1) is 9.19. The Labute approximate surface area is 114 Å². The molecule has 0 spiro atoms. The second kappa shape index (κ2) is 6.14. The summed E-state index contributed by atoms with van der Waals surface area (Å²) in [6, 6.07) is 16.2. The first-order valence-electron chi connectivity index (χ1n) is 6.47. The molecule has 0 saturated carbocycles. The lowest BCUT2D eigenvalue weighted by atomic mass is 10.2. The van der Waals surface area contributed by atoms with E-state index in [2.05, 4.69) is 24.1 Å². The SMILES string of the molecule is CCOc1cc(N)cc(N(C)Cc2ccccc2)c1. The number of benzene rings is 2.